The number of rotatable bonds is 6. The maximum absolute atomic E-state index is 13.8. The van der Waals surface area contributed by atoms with Gasteiger partial charge in [0.1, 0.15) is 11.6 Å². The number of anilines is 1. The number of amidine groups is 1. The predicted octanol–water partition coefficient (Wildman–Crippen LogP) is 4.99. The molecule has 0 saturated carbocycles. The number of amides is 1. The molecule has 0 radical (unpaired) electrons. The Labute approximate surface area is 189 Å². The second-order valence-corrected chi connectivity index (χ2v) is 8.23. The maximum Gasteiger partial charge on any atom is 0.267 e. The Kier molecular flexibility index (Phi) is 6.51. The quantitative estimate of drug-likeness (QED) is 0.303. The van der Waals surface area contributed by atoms with E-state index in [9.17, 15) is 9.18 Å². The van der Waals surface area contributed by atoms with E-state index >= 15 is 0 Å². The summed E-state index contributed by atoms with van der Waals surface area (Å²) in [7, 11) is 3.95. The van der Waals surface area contributed by atoms with E-state index in [1.807, 2.05) is 49.3 Å². The van der Waals surface area contributed by atoms with Gasteiger partial charge < -0.3 is 9.32 Å². The molecule has 0 unspecified atom stereocenters. The topological polar surface area (TPSA) is 61.4 Å². The number of hydrogen-bond acceptors (Lipinski definition) is 6. The van der Waals surface area contributed by atoms with Gasteiger partial charge in [-0.2, -0.15) is 5.10 Å². The minimum Gasteiger partial charge on any atom is -0.467 e. The second-order valence-electron chi connectivity index (χ2n) is 7.22. The van der Waals surface area contributed by atoms with Crippen molar-refractivity contribution in [3.63, 3.8) is 0 Å². The Morgan fingerprint density at radius 2 is 1.88 bits per heavy atom. The molecule has 8 heteroatoms. The van der Waals surface area contributed by atoms with Crippen LogP contribution in [0.5, 0.6) is 0 Å². The third-order valence-electron chi connectivity index (χ3n) is 4.73. The van der Waals surface area contributed by atoms with Crippen molar-refractivity contribution in [2.45, 2.75) is 6.54 Å². The minimum atomic E-state index is -0.388. The fraction of sp³-hybridized carbons (Fsp3) is 0.125. The van der Waals surface area contributed by atoms with Crippen LogP contribution in [0, 0.1) is 5.82 Å². The van der Waals surface area contributed by atoms with Gasteiger partial charge in [-0.15, -0.1) is 5.10 Å². The van der Waals surface area contributed by atoms with Crippen LogP contribution < -0.4 is 4.90 Å². The highest BCUT2D eigenvalue weighted by molar-refractivity contribution is 8.18. The molecule has 0 N–H and O–H groups in total. The summed E-state index contributed by atoms with van der Waals surface area (Å²) in [5, 5.41) is 8.61. The van der Waals surface area contributed by atoms with E-state index < -0.39 is 0 Å². The highest BCUT2D eigenvalue weighted by atomic mass is 32.2. The van der Waals surface area contributed by atoms with E-state index in [1.165, 1.54) is 28.9 Å². The molecule has 1 aromatic heterocycles. The second kappa shape index (κ2) is 9.65. The fourth-order valence-corrected chi connectivity index (χ4v) is 3.96. The molecule has 2 heterocycles. The molecule has 32 heavy (non-hydrogen) atoms. The van der Waals surface area contributed by atoms with Crippen LogP contribution >= 0.6 is 11.8 Å². The zero-order chi connectivity index (χ0) is 22.5. The molecule has 0 aliphatic carbocycles. The Hall–Kier alpha value is -3.65. The van der Waals surface area contributed by atoms with Crippen molar-refractivity contribution in [1.29, 1.82) is 0 Å². The van der Waals surface area contributed by atoms with E-state index in [0.29, 0.717) is 21.4 Å². The van der Waals surface area contributed by atoms with Crippen LogP contribution in [0.3, 0.4) is 0 Å². The zero-order valence-electron chi connectivity index (χ0n) is 17.6. The summed E-state index contributed by atoms with van der Waals surface area (Å²) in [5.41, 5.74) is 2.29. The van der Waals surface area contributed by atoms with Crippen molar-refractivity contribution in [1.82, 2.24) is 4.90 Å². The minimum absolute atomic E-state index is 0.192. The SMILES string of the molecule is CN(C)c1ccc(/C=C2\S/C(=N/N=C\c3ccccc3F)N(Cc3ccco3)C2=O)cc1. The number of carbonyl (C=O) groups excluding carboxylic acids is 1. The van der Waals surface area contributed by atoms with Crippen LogP contribution in [-0.4, -0.2) is 36.3 Å². The van der Waals surface area contributed by atoms with Gasteiger partial charge in [-0.1, -0.05) is 30.3 Å². The summed E-state index contributed by atoms with van der Waals surface area (Å²) in [4.78, 5) is 17.1. The van der Waals surface area contributed by atoms with Crippen LogP contribution in [0.15, 0.2) is 86.5 Å². The first-order valence-corrected chi connectivity index (χ1v) is 10.7. The third kappa shape index (κ3) is 4.97. The van der Waals surface area contributed by atoms with Crippen LogP contribution in [-0.2, 0) is 11.3 Å². The Morgan fingerprint density at radius 3 is 2.56 bits per heavy atom. The molecule has 1 aliphatic rings. The third-order valence-corrected chi connectivity index (χ3v) is 5.73. The molecule has 0 spiro atoms. The van der Waals surface area contributed by atoms with Gasteiger partial charge in [0.05, 0.1) is 23.9 Å². The standard InChI is InChI=1S/C24H21FN4O2S/c1-28(2)19-11-9-17(10-12-19)14-22-23(30)29(16-20-7-5-13-31-20)24(32-22)27-26-15-18-6-3-4-8-21(18)25/h3-15H,16H2,1-2H3/b22-14-,26-15-,27-24+. The van der Waals surface area contributed by atoms with Crippen molar-refractivity contribution in [3.8, 4) is 0 Å². The lowest BCUT2D eigenvalue weighted by molar-refractivity contribution is -0.122. The largest absolute Gasteiger partial charge is 0.467 e. The zero-order valence-corrected chi connectivity index (χ0v) is 18.4. The smallest absolute Gasteiger partial charge is 0.267 e. The van der Waals surface area contributed by atoms with E-state index in [0.717, 1.165) is 11.3 Å². The monoisotopic (exact) mass is 448 g/mol. The average Bonchev–Trinajstić information content (AvgIpc) is 3.40. The summed E-state index contributed by atoms with van der Waals surface area (Å²) >= 11 is 1.22. The molecular formula is C24H21FN4O2S. The van der Waals surface area contributed by atoms with Gasteiger partial charge in [0, 0.05) is 25.3 Å². The summed E-state index contributed by atoms with van der Waals surface area (Å²) in [5.74, 6) is 0.0463. The molecular weight excluding hydrogens is 427 g/mol. The Balaban J connectivity index is 1.61. The summed E-state index contributed by atoms with van der Waals surface area (Å²) in [6, 6.07) is 17.7. The molecule has 0 atom stereocenters. The molecule has 3 aromatic rings. The van der Waals surface area contributed by atoms with Crippen molar-refractivity contribution in [2.24, 2.45) is 10.2 Å². The molecule has 1 saturated heterocycles. The number of hydrogen-bond donors (Lipinski definition) is 0. The van der Waals surface area contributed by atoms with Gasteiger partial charge in [0.15, 0.2) is 5.17 Å². The van der Waals surface area contributed by atoms with Crippen LogP contribution in [0.2, 0.25) is 0 Å². The number of benzene rings is 2. The lowest BCUT2D eigenvalue weighted by Crippen LogP contribution is -2.28. The van der Waals surface area contributed by atoms with Crippen LogP contribution in [0.25, 0.3) is 6.08 Å². The molecule has 1 fully saturated rings. The van der Waals surface area contributed by atoms with Gasteiger partial charge in [0.25, 0.3) is 5.91 Å². The first kappa shape index (κ1) is 21.6. The summed E-state index contributed by atoms with van der Waals surface area (Å²) in [6.45, 7) is 0.226. The maximum atomic E-state index is 13.8. The predicted molar refractivity (Wildman–Crippen MR) is 127 cm³/mol. The van der Waals surface area contributed by atoms with E-state index in [4.69, 9.17) is 4.42 Å². The van der Waals surface area contributed by atoms with Crippen molar-refractivity contribution < 1.29 is 13.6 Å². The molecule has 1 amide bonds. The number of thioether (sulfide) groups is 1. The summed E-state index contributed by atoms with van der Waals surface area (Å²) < 4.78 is 19.2. The molecule has 0 bridgehead atoms. The van der Waals surface area contributed by atoms with Crippen molar-refractivity contribution in [3.05, 3.63) is 94.5 Å². The van der Waals surface area contributed by atoms with Gasteiger partial charge >= 0.3 is 0 Å². The van der Waals surface area contributed by atoms with Gasteiger partial charge in [0.2, 0.25) is 0 Å². The molecule has 1 aliphatic heterocycles. The highest BCUT2D eigenvalue weighted by Crippen LogP contribution is 2.34. The Bertz CT molecular complexity index is 1180. The van der Waals surface area contributed by atoms with Crippen molar-refractivity contribution in [2.75, 3.05) is 19.0 Å². The molecule has 4 rings (SSSR count). The van der Waals surface area contributed by atoms with Gasteiger partial charge in [-0.05, 0) is 53.7 Å². The Morgan fingerprint density at radius 1 is 1.09 bits per heavy atom. The van der Waals surface area contributed by atoms with Crippen LogP contribution in [0.4, 0.5) is 10.1 Å². The molecule has 2 aromatic carbocycles. The van der Waals surface area contributed by atoms with Crippen molar-refractivity contribution >= 4 is 40.8 Å². The highest BCUT2D eigenvalue weighted by Gasteiger charge is 2.34. The summed E-state index contributed by atoms with van der Waals surface area (Å²) in [6.07, 6.45) is 4.71. The number of nitrogens with zero attached hydrogens (tertiary/aromatic N) is 4. The van der Waals surface area contributed by atoms with Gasteiger partial charge in [-0.3, -0.25) is 9.69 Å². The first-order chi connectivity index (χ1) is 15.5. The molecule has 6 nitrogen and oxygen atoms in total. The fourth-order valence-electron chi connectivity index (χ4n) is 3.02. The number of halogens is 1. The first-order valence-electron chi connectivity index (χ1n) is 9.88. The average molecular weight is 449 g/mol. The van der Waals surface area contributed by atoms with E-state index in [1.54, 1.807) is 36.6 Å². The number of furan rings is 1. The van der Waals surface area contributed by atoms with Crippen LogP contribution in [0.1, 0.15) is 16.9 Å². The molecule has 162 valence electrons. The normalized spacial score (nSPS) is 16.6. The lowest BCUT2D eigenvalue weighted by atomic mass is 10.2. The lowest BCUT2D eigenvalue weighted by Gasteiger charge is -2.12. The van der Waals surface area contributed by atoms with Gasteiger partial charge in [-0.25, -0.2) is 4.39 Å². The van der Waals surface area contributed by atoms with E-state index in [2.05, 4.69) is 10.2 Å². The number of carbonyl (C=O) groups is 1. The van der Waals surface area contributed by atoms with E-state index in [-0.39, 0.29) is 18.3 Å².